The second-order valence-corrected chi connectivity index (χ2v) is 8.52. The average molecular weight is 327 g/mol. The van der Waals surface area contributed by atoms with E-state index in [0.717, 1.165) is 11.3 Å². The van der Waals surface area contributed by atoms with Crippen LogP contribution < -0.4 is 5.73 Å². The van der Waals surface area contributed by atoms with Gasteiger partial charge in [0, 0.05) is 36.1 Å². The summed E-state index contributed by atoms with van der Waals surface area (Å²) >= 11 is 1.66. The van der Waals surface area contributed by atoms with Gasteiger partial charge >= 0.3 is 0 Å². The second kappa shape index (κ2) is 5.51. The molecular weight excluding hydrogens is 310 g/mol. The molecule has 21 heavy (non-hydrogen) atoms. The summed E-state index contributed by atoms with van der Waals surface area (Å²) in [5.41, 5.74) is 7.70. The summed E-state index contributed by atoms with van der Waals surface area (Å²) in [5.74, 6) is 2.03. The quantitative estimate of drug-likeness (QED) is 0.851. The largest absolute Gasteiger partial charge is 0.439 e. The smallest absolute Gasteiger partial charge is 0.209 e. The molecular formula is C13H17N3O3S2. The summed E-state index contributed by atoms with van der Waals surface area (Å²) in [6.45, 7) is 1.11. The van der Waals surface area contributed by atoms with Crippen molar-refractivity contribution in [2.24, 2.45) is 0 Å². The van der Waals surface area contributed by atoms with Crippen LogP contribution in [0.15, 0.2) is 22.6 Å². The van der Waals surface area contributed by atoms with Crippen LogP contribution in [0.3, 0.4) is 0 Å². The normalized spacial score (nSPS) is 20.9. The summed E-state index contributed by atoms with van der Waals surface area (Å²) in [6.07, 6.45) is 1.28. The van der Waals surface area contributed by atoms with E-state index in [1.165, 1.54) is 6.26 Å². The molecule has 0 saturated carbocycles. The molecule has 2 heterocycles. The van der Waals surface area contributed by atoms with E-state index in [4.69, 9.17) is 10.2 Å². The molecule has 1 atom stereocenters. The minimum absolute atomic E-state index is 0.396. The number of nitrogen functional groups attached to an aromatic ring is 1. The molecule has 2 aromatic rings. The predicted molar refractivity (Wildman–Crippen MR) is 84.8 cm³/mol. The number of aromatic nitrogens is 1. The third-order valence-corrected chi connectivity index (χ3v) is 6.17. The number of benzene rings is 1. The van der Waals surface area contributed by atoms with Gasteiger partial charge < -0.3 is 10.2 Å². The summed E-state index contributed by atoms with van der Waals surface area (Å²) in [7, 11) is -3.12. The molecule has 0 amide bonds. The Kier molecular flexibility index (Phi) is 3.85. The van der Waals surface area contributed by atoms with Crippen LogP contribution in [0.5, 0.6) is 0 Å². The van der Waals surface area contributed by atoms with Crippen LogP contribution >= 0.6 is 11.8 Å². The SMILES string of the molecule is CS(=O)(=O)C1CSCCN1Cc1nc2ccc(N)cc2o1. The highest BCUT2D eigenvalue weighted by atomic mass is 32.2. The molecule has 0 radical (unpaired) electrons. The number of nitrogens with two attached hydrogens (primary N) is 1. The zero-order chi connectivity index (χ0) is 15.0. The first kappa shape index (κ1) is 14.7. The number of oxazole rings is 1. The molecule has 0 spiro atoms. The number of fused-ring (bicyclic) bond motifs is 1. The Hall–Kier alpha value is -1.25. The Morgan fingerprint density at radius 3 is 3.10 bits per heavy atom. The van der Waals surface area contributed by atoms with Crippen LogP contribution in [0.2, 0.25) is 0 Å². The summed E-state index contributed by atoms with van der Waals surface area (Å²) in [4.78, 5) is 6.32. The molecule has 0 bridgehead atoms. The minimum atomic E-state index is -3.12. The maximum atomic E-state index is 11.9. The van der Waals surface area contributed by atoms with Crippen LogP contribution in [0.4, 0.5) is 5.69 Å². The van der Waals surface area contributed by atoms with Gasteiger partial charge in [-0.1, -0.05) is 0 Å². The number of thioether (sulfide) groups is 1. The highest BCUT2D eigenvalue weighted by Gasteiger charge is 2.31. The number of sulfone groups is 1. The first-order valence-electron chi connectivity index (χ1n) is 6.59. The number of rotatable bonds is 3. The van der Waals surface area contributed by atoms with Crippen LogP contribution in [-0.2, 0) is 16.4 Å². The third kappa shape index (κ3) is 3.17. The van der Waals surface area contributed by atoms with Gasteiger partial charge in [-0.15, -0.1) is 0 Å². The number of hydrogen-bond acceptors (Lipinski definition) is 7. The van der Waals surface area contributed by atoms with Gasteiger partial charge in [-0.2, -0.15) is 11.8 Å². The van der Waals surface area contributed by atoms with E-state index in [-0.39, 0.29) is 0 Å². The van der Waals surface area contributed by atoms with Gasteiger partial charge in [0.15, 0.2) is 15.4 Å². The first-order chi connectivity index (χ1) is 9.93. The van der Waals surface area contributed by atoms with Crippen molar-refractivity contribution in [3.63, 3.8) is 0 Å². The summed E-state index contributed by atoms with van der Waals surface area (Å²) in [6, 6.07) is 5.30. The second-order valence-electron chi connectivity index (χ2n) is 5.16. The lowest BCUT2D eigenvalue weighted by Gasteiger charge is -2.32. The molecule has 1 aromatic carbocycles. The maximum Gasteiger partial charge on any atom is 0.209 e. The Morgan fingerprint density at radius 2 is 2.33 bits per heavy atom. The Labute approximate surface area is 127 Å². The van der Waals surface area contributed by atoms with E-state index in [9.17, 15) is 8.42 Å². The molecule has 1 saturated heterocycles. The van der Waals surface area contributed by atoms with E-state index in [1.807, 2.05) is 4.90 Å². The molecule has 2 N–H and O–H groups in total. The van der Waals surface area contributed by atoms with Gasteiger partial charge in [-0.05, 0) is 12.1 Å². The van der Waals surface area contributed by atoms with Crippen molar-refractivity contribution in [1.82, 2.24) is 9.88 Å². The van der Waals surface area contributed by atoms with Gasteiger partial charge in [-0.3, -0.25) is 4.90 Å². The van der Waals surface area contributed by atoms with E-state index in [2.05, 4.69) is 4.98 Å². The molecule has 1 unspecified atom stereocenters. The Bertz CT molecular complexity index is 757. The van der Waals surface area contributed by atoms with Crippen molar-refractivity contribution in [2.45, 2.75) is 11.9 Å². The van der Waals surface area contributed by atoms with Crippen molar-refractivity contribution < 1.29 is 12.8 Å². The summed E-state index contributed by atoms with van der Waals surface area (Å²) in [5, 5.41) is -0.476. The van der Waals surface area contributed by atoms with Crippen molar-refractivity contribution in [1.29, 1.82) is 0 Å². The van der Waals surface area contributed by atoms with Gasteiger partial charge in [0.2, 0.25) is 5.89 Å². The van der Waals surface area contributed by atoms with Crippen LogP contribution in [-0.4, -0.2) is 48.0 Å². The Balaban J connectivity index is 1.86. The van der Waals surface area contributed by atoms with Crippen LogP contribution in [0, 0.1) is 0 Å². The van der Waals surface area contributed by atoms with Crippen molar-refractivity contribution >= 4 is 38.4 Å². The van der Waals surface area contributed by atoms with Crippen molar-refractivity contribution in [3.05, 3.63) is 24.1 Å². The molecule has 8 heteroatoms. The van der Waals surface area contributed by atoms with Crippen LogP contribution in [0.25, 0.3) is 11.1 Å². The molecule has 1 aromatic heterocycles. The van der Waals surface area contributed by atoms with Crippen molar-refractivity contribution in [3.8, 4) is 0 Å². The number of anilines is 1. The van der Waals surface area contributed by atoms with E-state index in [1.54, 1.807) is 30.0 Å². The fraction of sp³-hybridized carbons (Fsp3) is 0.462. The van der Waals surface area contributed by atoms with Gasteiger partial charge in [0.1, 0.15) is 10.9 Å². The molecule has 1 fully saturated rings. The minimum Gasteiger partial charge on any atom is -0.439 e. The molecule has 6 nitrogen and oxygen atoms in total. The lowest BCUT2D eigenvalue weighted by atomic mass is 10.3. The fourth-order valence-electron chi connectivity index (χ4n) is 2.42. The molecule has 114 valence electrons. The number of hydrogen-bond donors (Lipinski definition) is 1. The highest BCUT2D eigenvalue weighted by Crippen LogP contribution is 2.24. The lowest BCUT2D eigenvalue weighted by Crippen LogP contribution is -2.46. The standard InChI is InChI=1S/C13H17N3O3S2/c1-21(17,18)13-8-20-5-4-16(13)7-12-15-10-3-2-9(14)6-11(10)19-12/h2-3,6,13H,4-5,7-8,14H2,1H3. The number of nitrogens with zero attached hydrogens (tertiary/aromatic N) is 2. The third-order valence-electron chi connectivity index (χ3n) is 3.48. The van der Waals surface area contributed by atoms with E-state index < -0.39 is 15.2 Å². The zero-order valence-electron chi connectivity index (χ0n) is 11.7. The lowest BCUT2D eigenvalue weighted by molar-refractivity contribution is 0.238. The average Bonchev–Trinajstić information content (AvgIpc) is 2.79. The predicted octanol–water partition coefficient (Wildman–Crippen LogP) is 1.33. The summed E-state index contributed by atoms with van der Waals surface area (Å²) < 4.78 is 29.4. The monoisotopic (exact) mass is 327 g/mol. The topological polar surface area (TPSA) is 89.4 Å². The van der Waals surface area contributed by atoms with Gasteiger partial charge in [-0.25, -0.2) is 13.4 Å². The van der Waals surface area contributed by atoms with Gasteiger partial charge in [0.05, 0.1) is 6.54 Å². The fourth-order valence-corrected chi connectivity index (χ4v) is 5.36. The Morgan fingerprint density at radius 1 is 1.52 bits per heavy atom. The molecule has 1 aliphatic heterocycles. The highest BCUT2D eigenvalue weighted by molar-refractivity contribution is 8.00. The first-order valence-corrected chi connectivity index (χ1v) is 9.70. The zero-order valence-corrected chi connectivity index (χ0v) is 13.3. The molecule has 1 aliphatic rings. The van der Waals surface area contributed by atoms with E-state index >= 15 is 0 Å². The van der Waals surface area contributed by atoms with Crippen LogP contribution in [0.1, 0.15) is 5.89 Å². The molecule has 3 rings (SSSR count). The molecule has 0 aliphatic carbocycles. The maximum absolute atomic E-state index is 11.9. The van der Waals surface area contributed by atoms with Crippen molar-refractivity contribution in [2.75, 3.05) is 30.0 Å². The van der Waals surface area contributed by atoms with Gasteiger partial charge in [0.25, 0.3) is 0 Å². The van der Waals surface area contributed by atoms with E-state index in [0.29, 0.717) is 36.0 Å².